The minimum absolute atomic E-state index is 0.164. The molecule has 0 unspecified atom stereocenters. The smallest absolute Gasteiger partial charge is 0.0361 e. The van der Waals surface area contributed by atoms with Gasteiger partial charge in [-0.25, -0.2) is 0 Å². The topological polar surface area (TPSA) is 0 Å². The largest absolute Gasteiger partial charge is 0.135 e. The molecule has 1 heterocycles. The maximum atomic E-state index is 2.38. The van der Waals surface area contributed by atoms with E-state index >= 15 is 0 Å². The number of fused-ring (bicyclic) bond motifs is 3. The van der Waals surface area contributed by atoms with Gasteiger partial charge >= 0.3 is 0 Å². The summed E-state index contributed by atoms with van der Waals surface area (Å²) in [7, 11) is 0. The highest BCUT2D eigenvalue weighted by Crippen LogP contribution is 2.41. The second kappa shape index (κ2) is 6.86. The number of hydrogen-bond donors (Lipinski definition) is 0. The Morgan fingerprint density at radius 3 is 2.10 bits per heavy atom. The Bertz CT molecular complexity index is 1320. The average molecular weight is 393 g/mol. The van der Waals surface area contributed by atoms with E-state index < -0.39 is 0 Å². The van der Waals surface area contributed by atoms with Gasteiger partial charge in [0, 0.05) is 20.2 Å². The molecule has 142 valence electrons. The van der Waals surface area contributed by atoms with E-state index in [4.69, 9.17) is 0 Å². The van der Waals surface area contributed by atoms with Crippen molar-refractivity contribution in [3.63, 3.8) is 0 Å². The van der Waals surface area contributed by atoms with E-state index in [1.54, 1.807) is 0 Å². The molecule has 5 rings (SSSR count). The molecule has 0 radical (unpaired) electrons. The summed E-state index contributed by atoms with van der Waals surface area (Å²) in [6, 6.07) is 33.2. The third kappa shape index (κ3) is 3.26. The van der Waals surface area contributed by atoms with Crippen LogP contribution in [0.2, 0.25) is 0 Å². The Morgan fingerprint density at radius 1 is 0.586 bits per heavy atom. The molecule has 0 spiro atoms. The molecule has 0 N–H and O–H groups in total. The Hall–Kier alpha value is -2.90. The van der Waals surface area contributed by atoms with Gasteiger partial charge in [0.2, 0.25) is 0 Å². The summed E-state index contributed by atoms with van der Waals surface area (Å²) in [6.45, 7) is 6.84. The van der Waals surface area contributed by atoms with Crippen molar-refractivity contribution in [1.29, 1.82) is 0 Å². The molecule has 0 amide bonds. The maximum absolute atomic E-state index is 2.38. The van der Waals surface area contributed by atoms with Crippen molar-refractivity contribution < 1.29 is 0 Å². The van der Waals surface area contributed by atoms with Gasteiger partial charge in [-0.2, -0.15) is 0 Å². The van der Waals surface area contributed by atoms with Crippen molar-refractivity contribution >= 4 is 31.5 Å². The van der Waals surface area contributed by atoms with Crippen LogP contribution in [0.4, 0.5) is 0 Å². The maximum Gasteiger partial charge on any atom is 0.0361 e. The van der Waals surface area contributed by atoms with Crippen LogP contribution in [0.1, 0.15) is 26.3 Å². The van der Waals surface area contributed by atoms with Gasteiger partial charge in [0.25, 0.3) is 0 Å². The number of rotatable bonds is 2. The van der Waals surface area contributed by atoms with Gasteiger partial charge in [0.15, 0.2) is 0 Å². The first-order valence-electron chi connectivity index (χ1n) is 10.1. The SMILES string of the molecule is CC(C)(C)c1ccc2c(c1)sc1cccc(-c3cccc(-c4ccccc4)c3)c12. The van der Waals surface area contributed by atoms with Gasteiger partial charge in [0.05, 0.1) is 0 Å². The van der Waals surface area contributed by atoms with Gasteiger partial charge in [-0.05, 0) is 51.4 Å². The lowest BCUT2D eigenvalue weighted by Crippen LogP contribution is -2.10. The minimum atomic E-state index is 0.164. The Labute approximate surface area is 176 Å². The molecule has 1 heteroatoms. The van der Waals surface area contributed by atoms with Crippen LogP contribution in [0.3, 0.4) is 0 Å². The monoisotopic (exact) mass is 392 g/mol. The molecule has 0 aliphatic heterocycles. The summed E-state index contributed by atoms with van der Waals surface area (Å²) < 4.78 is 2.73. The minimum Gasteiger partial charge on any atom is -0.135 e. The molecule has 5 aromatic rings. The zero-order valence-electron chi connectivity index (χ0n) is 17.1. The van der Waals surface area contributed by atoms with Crippen LogP contribution in [-0.4, -0.2) is 0 Å². The van der Waals surface area contributed by atoms with E-state index in [-0.39, 0.29) is 5.41 Å². The van der Waals surface area contributed by atoms with Crippen LogP contribution >= 0.6 is 11.3 Å². The fraction of sp³-hybridized carbons (Fsp3) is 0.143. The van der Waals surface area contributed by atoms with Crippen LogP contribution in [0, 0.1) is 0 Å². The lowest BCUT2D eigenvalue weighted by atomic mass is 9.86. The van der Waals surface area contributed by atoms with Crippen molar-refractivity contribution in [2.45, 2.75) is 26.2 Å². The third-order valence-corrected chi connectivity index (χ3v) is 6.76. The molecular weight excluding hydrogens is 368 g/mol. The van der Waals surface area contributed by atoms with Gasteiger partial charge < -0.3 is 0 Å². The van der Waals surface area contributed by atoms with E-state index in [0.717, 1.165) is 0 Å². The van der Waals surface area contributed by atoms with E-state index in [9.17, 15) is 0 Å². The van der Waals surface area contributed by atoms with Gasteiger partial charge in [-0.3, -0.25) is 0 Å². The fourth-order valence-corrected chi connectivity index (χ4v) is 5.20. The third-order valence-electron chi connectivity index (χ3n) is 5.64. The molecule has 4 aromatic carbocycles. The standard InChI is InChI=1S/C28H24S/c1-28(2,3)22-15-16-24-26(18-22)29-25-14-8-13-23(27(24)25)21-12-7-11-20(17-21)19-9-5-4-6-10-19/h4-18H,1-3H3. The summed E-state index contributed by atoms with van der Waals surface area (Å²) in [5, 5.41) is 2.73. The summed E-state index contributed by atoms with van der Waals surface area (Å²) in [4.78, 5) is 0. The van der Waals surface area contributed by atoms with Crippen molar-refractivity contribution in [1.82, 2.24) is 0 Å². The second-order valence-corrected chi connectivity index (χ2v) is 9.77. The first-order chi connectivity index (χ1) is 14.0. The first kappa shape index (κ1) is 18.1. The lowest BCUT2D eigenvalue weighted by molar-refractivity contribution is 0.591. The predicted molar refractivity (Wildman–Crippen MR) is 129 cm³/mol. The van der Waals surface area contributed by atoms with Crippen LogP contribution in [0.15, 0.2) is 91.0 Å². The summed E-state index contributed by atoms with van der Waals surface area (Å²) >= 11 is 1.90. The molecule has 0 saturated heterocycles. The number of thiophene rings is 1. The predicted octanol–water partition coefficient (Wildman–Crippen LogP) is 8.69. The molecule has 0 atom stereocenters. The van der Waals surface area contributed by atoms with Crippen molar-refractivity contribution in [3.05, 3.63) is 96.6 Å². The van der Waals surface area contributed by atoms with Crippen LogP contribution in [0.5, 0.6) is 0 Å². The molecular formula is C28H24S. The molecule has 0 nitrogen and oxygen atoms in total. The highest BCUT2D eigenvalue weighted by atomic mass is 32.1. The molecule has 0 fully saturated rings. The summed E-state index contributed by atoms with van der Waals surface area (Å²) in [5.74, 6) is 0. The van der Waals surface area contributed by atoms with Crippen molar-refractivity contribution in [2.75, 3.05) is 0 Å². The highest BCUT2D eigenvalue weighted by Gasteiger charge is 2.17. The first-order valence-corrected chi connectivity index (χ1v) is 10.9. The zero-order valence-corrected chi connectivity index (χ0v) is 17.9. The van der Waals surface area contributed by atoms with Crippen LogP contribution in [-0.2, 0) is 5.41 Å². The summed E-state index contributed by atoms with van der Waals surface area (Å²) in [6.07, 6.45) is 0. The van der Waals surface area contributed by atoms with Crippen molar-refractivity contribution in [3.8, 4) is 22.3 Å². The number of hydrogen-bond acceptors (Lipinski definition) is 1. The second-order valence-electron chi connectivity index (χ2n) is 8.69. The van der Waals surface area contributed by atoms with E-state index in [0.29, 0.717) is 0 Å². The zero-order chi connectivity index (χ0) is 20.0. The molecule has 0 aliphatic rings. The Kier molecular flexibility index (Phi) is 4.29. The summed E-state index contributed by atoms with van der Waals surface area (Å²) in [5.41, 5.74) is 6.66. The van der Waals surface area contributed by atoms with Gasteiger partial charge in [0.1, 0.15) is 0 Å². The van der Waals surface area contributed by atoms with Crippen LogP contribution < -0.4 is 0 Å². The molecule has 0 saturated carbocycles. The lowest BCUT2D eigenvalue weighted by Gasteiger charge is -2.18. The molecule has 29 heavy (non-hydrogen) atoms. The molecule has 0 bridgehead atoms. The Balaban J connectivity index is 1.72. The van der Waals surface area contributed by atoms with E-state index in [1.165, 1.54) is 48.0 Å². The average Bonchev–Trinajstić information content (AvgIpc) is 3.12. The van der Waals surface area contributed by atoms with E-state index in [1.807, 2.05) is 11.3 Å². The number of benzene rings is 4. The molecule has 0 aliphatic carbocycles. The quantitative estimate of drug-likeness (QED) is 0.282. The van der Waals surface area contributed by atoms with Gasteiger partial charge in [-0.15, -0.1) is 11.3 Å². The van der Waals surface area contributed by atoms with Crippen LogP contribution in [0.25, 0.3) is 42.4 Å². The van der Waals surface area contributed by atoms with E-state index in [2.05, 4.69) is 112 Å². The fourth-order valence-electron chi connectivity index (χ4n) is 4.03. The molecule has 1 aromatic heterocycles. The van der Waals surface area contributed by atoms with Crippen molar-refractivity contribution in [2.24, 2.45) is 0 Å². The Morgan fingerprint density at radius 2 is 1.31 bits per heavy atom. The highest BCUT2D eigenvalue weighted by molar-refractivity contribution is 7.25. The normalized spacial score (nSPS) is 12.0. The van der Waals surface area contributed by atoms with Gasteiger partial charge in [-0.1, -0.05) is 93.6 Å².